The molecule has 24 heavy (non-hydrogen) atoms. The molecular weight excluding hydrogens is 302 g/mol. The van der Waals surface area contributed by atoms with Gasteiger partial charge in [0.25, 0.3) is 5.91 Å². The first-order valence-corrected chi connectivity index (χ1v) is 8.06. The Bertz CT molecular complexity index is 734. The maximum Gasteiger partial charge on any atom is 0.254 e. The second kappa shape index (κ2) is 7.81. The van der Waals surface area contributed by atoms with Crippen LogP contribution in [0.15, 0.2) is 42.6 Å². The second-order valence-corrected chi connectivity index (χ2v) is 6.03. The first-order valence-electron chi connectivity index (χ1n) is 8.06. The average molecular weight is 327 g/mol. The van der Waals surface area contributed by atoms with Crippen LogP contribution in [0.1, 0.15) is 35.5 Å². The average Bonchev–Trinajstić information content (AvgIpc) is 2.92. The fourth-order valence-electron chi connectivity index (χ4n) is 2.35. The summed E-state index contributed by atoms with van der Waals surface area (Å²) in [6, 6.07) is 7.24. The summed E-state index contributed by atoms with van der Waals surface area (Å²) in [6.07, 6.45) is 1.99. The number of aryl methyl sites for hydroxylation is 2. The molecule has 0 atom stereocenters. The van der Waals surface area contributed by atoms with Crippen molar-refractivity contribution >= 4 is 5.91 Å². The molecule has 2 rings (SSSR count). The zero-order chi connectivity index (χ0) is 17.7. The predicted octanol–water partition coefficient (Wildman–Crippen LogP) is 3.44. The third kappa shape index (κ3) is 4.47. The van der Waals surface area contributed by atoms with Gasteiger partial charge in [-0.3, -0.25) is 9.48 Å². The molecule has 0 saturated heterocycles. The maximum absolute atomic E-state index is 12.7. The van der Waals surface area contributed by atoms with E-state index in [9.17, 15) is 4.79 Å². The monoisotopic (exact) mass is 327 g/mol. The van der Waals surface area contributed by atoms with Crippen LogP contribution in [0.25, 0.3) is 0 Å². The molecule has 1 heterocycles. The summed E-state index contributed by atoms with van der Waals surface area (Å²) in [6.45, 7) is 11.5. The maximum atomic E-state index is 12.7. The van der Waals surface area contributed by atoms with Crippen molar-refractivity contribution in [2.45, 2.75) is 33.9 Å². The van der Waals surface area contributed by atoms with Crippen LogP contribution in [0.2, 0.25) is 0 Å². The number of carbonyl (C=O) groups excluding carboxylic acids is 1. The minimum absolute atomic E-state index is 0.0422. The molecule has 1 aromatic carbocycles. The highest BCUT2D eigenvalue weighted by molar-refractivity contribution is 5.94. The Morgan fingerprint density at radius 2 is 2.17 bits per heavy atom. The number of amides is 1. The van der Waals surface area contributed by atoms with Crippen molar-refractivity contribution in [1.29, 1.82) is 0 Å². The molecule has 1 amide bonds. The number of aromatic nitrogens is 2. The lowest BCUT2D eigenvalue weighted by Gasteiger charge is -2.17. The largest absolute Gasteiger partial charge is 0.489 e. The fourth-order valence-corrected chi connectivity index (χ4v) is 2.35. The summed E-state index contributed by atoms with van der Waals surface area (Å²) in [5.74, 6) is 0.631. The number of carbonyl (C=O) groups is 1. The lowest BCUT2D eigenvalue weighted by atomic mass is 10.1. The Hall–Kier alpha value is -2.56. The number of ether oxygens (including phenoxy) is 1. The van der Waals surface area contributed by atoms with Crippen molar-refractivity contribution < 1.29 is 9.53 Å². The fraction of sp³-hybridized carbons (Fsp3) is 0.368. The highest BCUT2D eigenvalue weighted by Gasteiger charge is 2.15. The number of benzene rings is 1. The molecule has 0 fully saturated rings. The van der Waals surface area contributed by atoms with Crippen molar-refractivity contribution in [3.05, 3.63) is 59.4 Å². The van der Waals surface area contributed by atoms with Gasteiger partial charge in [0.05, 0.1) is 5.69 Å². The van der Waals surface area contributed by atoms with Crippen LogP contribution in [0.3, 0.4) is 0 Å². The van der Waals surface area contributed by atoms with Crippen molar-refractivity contribution in [1.82, 2.24) is 14.7 Å². The summed E-state index contributed by atoms with van der Waals surface area (Å²) < 4.78 is 7.49. The van der Waals surface area contributed by atoms with Crippen LogP contribution >= 0.6 is 0 Å². The van der Waals surface area contributed by atoms with Crippen LogP contribution in [0, 0.1) is 6.92 Å². The van der Waals surface area contributed by atoms with E-state index in [4.69, 9.17) is 4.74 Å². The molecule has 0 bridgehead atoms. The van der Waals surface area contributed by atoms with Crippen LogP contribution < -0.4 is 4.74 Å². The van der Waals surface area contributed by atoms with Crippen LogP contribution in [-0.2, 0) is 13.1 Å². The van der Waals surface area contributed by atoms with Gasteiger partial charge in [0.15, 0.2) is 0 Å². The zero-order valence-corrected chi connectivity index (χ0v) is 14.9. The van der Waals surface area contributed by atoms with E-state index in [1.54, 1.807) is 24.1 Å². The van der Waals surface area contributed by atoms with E-state index in [2.05, 4.69) is 11.7 Å². The quantitative estimate of drug-likeness (QED) is 0.732. The van der Waals surface area contributed by atoms with Gasteiger partial charge in [0.1, 0.15) is 12.4 Å². The second-order valence-electron chi connectivity index (χ2n) is 6.03. The van der Waals surface area contributed by atoms with E-state index < -0.39 is 0 Å². The molecule has 0 unspecified atom stereocenters. The zero-order valence-electron chi connectivity index (χ0n) is 14.9. The third-order valence-corrected chi connectivity index (χ3v) is 3.69. The Kier molecular flexibility index (Phi) is 5.79. The SMILES string of the molecule is C=C(C)COc1cccc(C(=O)N(C)Cc2cn(CC)nc2C)c1. The summed E-state index contributed by atoms with van der Waals surface area (Å²) in [5, 5.41) is 4.42. The van der Waals surface area contributed by atoms with Crippen LogP contribution in [0.4, 0.5) is 0 Å². The molecule has 128 valence electrons. The summed E-state index contributed by atoms with van der Waals surface area (Å²) in [5.41, 5.74) is 3.56. The van der Waals surface area contributed by atoms with E-state index >= 15 is 0 Å². The van der Waals surface area contributed by atoms with Crippen molar-refractivity contribution in [2.75, 3.05) is 13.7 Å². The normalized spacial score (nSPS) is 10.5. The Labute approximate surface area is 143 Å². The Morgan fingerprint density at radius 3 is 2.79 bits per heavy atom. The lowest BCUT2D eigenvalue weighted by Crippen LogP contribution is -2.26. The van der Waals surface area contributed by atoms with Gasteiger partial charge in [0.2, 0.25) is 0 Å². The molecule has 0 aliphatic heterocycles. The topological polar surface area (TPSA) is 47.4 Å². The van der Waals surface area contributed by atoms with Crippen LogP contribution in [0.5, 0.6) is 5.75 Å². The number of hydrogen-bond acceptors (Lipinski definition) is 3. The molecule has 5 heteroatoms. The van der Waals surface area contributed by atoms with E-state index in [0.717, 1.165) is 23.4 Å². The van der Waals surface area contributed by atoms with Gasteiger partial charge in [-0.2, -0.15) is 5.10 Å². The number of rotatable bonds is 7. The molecule has 0 saturated carbocycles. The molecule has 0 aliphatic carbocycles. The van der Waals surface area contributed by atoms with Gasteiger partial charge >= 0.3 is 0 Å². The Morgan fingerprint density at radius 1 is 1.42 bits per heavy atom. The molecule has 0 N–H and O–H groups in total. The number of hydrogen-bond donors (Lipinski definition) is 0. The van der Waals surface area contributed by atoms with Gasteiger partial charge in [-0.05, 0) is 44.5 Å². The van der Waals surface area contributed by atoms with Gasteiger partial charge in [-0.1, -0.05) is 12.6 Å². The summed E-state index contributed by atoms with van der Waals surface area (Å²) in [4.78, 5) is 14.3. The van der Waals surface area contributed by atoms with Crippen molar-refractivity contribution in [3.8, 4) is 5.75 Å². The first-order chi connectivity index (χ1) is 11.4. The Balaban J connectivity index is 2.08. The molecule has 0 radical (unpaired) electrons. The summed E-state index contributed by atoms with van der Waals surface area (Å²) >= 11 is 0. The van der Waals surface area contributed by atoms with Gasteiger partial charge in [0, 0.05) is 37.5 Å². The van der Waals surface area contributed by atoms with Gasteiger partial charge < -0.3 is 9.64 Å². The highest BCUT2D eigenvalue weighted by atomic mass is 16.5. The molecular formula is C19H25N3O2. The van der Waals surface area contributed by atoms with Crippen molar-refractivity contribution in [2.24, 2.45) is 0 Å². The molecule has 5 nitrogen and oxygen atoms in total. The summed E-state index contributed by atoms with van der Waals surface area (Å²) in [7, 11) is 1.80. The lowest BCUT2D eigenvalue weighted by molar-refractivity contribution is 0.0784. The highest BCUT2D eigenvalue weighted by Crippen LogP contribution is 2.17. The van der Waals surface area contributed by atoms with E-state index in [0.29, 0.717) is 24.5 Å². The third-order valence-electron chi connectivity index (χ3n) is 3.69. The van der Waals surface area contributed by atoms with Gasteiger partial charge in [-0.15, -0.1) is 0 Å². The molecule has 0 aliphatic rings. The molecule has 1 aromatic heterocycles. The van der Waals surface area contributed by atoms with E-state index in [1.807, 2.05) is 43.8 Å². The minimum atomic E-state index is -0.0422. The first kappa shape index (κ1) is 17.8. The molecule has 2 aromatic rings. The van der Waals surface area contributed by atoms with Gasteiger partial charge in [-0.25, -0.2) is 0 Å². The van der Waals surface area contributed by atoms with Crippen molar-refractivity contribution in [3.63, 3.8) is 0 Å². The molecule has 0 spiro atoms. The smallest absolute Gasteiger partial charge is 0.254 e. The minimum Gasteiger partial charge on any atom is -0.489 e. The predicted molar refractivity (Wildman–Crippen MR) is 95.2 cm³/mol. The number of nitrogens with zero attached hydrogens (tertiary/aromatic N) is 3. The van der Waals surface area contributed by atoms with E-state index in [1.165, 1.54) is 0 Å². The van der Waals surface area contributed by atoms with Crippen LogP contribution in [-0.4, -0.2) is 34.2 Å². The standard InChI is InChI=1S/C19H25N3O2/c1-6-22-12-17(15(4)20-22)11-21(5)19(23)16-8-7-9-18(10-16)24-13-14(2)3/h7-10,12H,2,6,11,13H2,1,3-5H3. The van der Waals surface area contributed by atoms with E-state index in [-0.39, 0.29) is 5.91 Å².